The Hall–Kier alpha value is -4.80. The summed E-state index contributed by atoms with van der Waals surface area (Å²) in [6.07, 6.45) is 2.74. The number of hydrogen-bond acceptors (Lipinski definition) is 9. The number of carbonyl (C=O) groups excluding carboxylic acids is 1. The number of carbonyl (C=O) groups is 1. The topological polar surface area (TPSA) is 112 Å². The predicted octanol–water partition coefficient (Wildman–Crippen LogP) is 6.71. The van der Waals surface area contributed by atoms with Crippen LogP contribution in [-0.2, 0) is 31.1 Å². The van der Waals surface area contributed by atoms with E-state index in [-0.39, 0.29) is 23.1 Å². The van der Waals surface area contributed by atoms with Crippen LogP contribution < -0.4 is 10.2 Å². The van der Waals surface area contributed by atoms with E-state index in [1.165, 1.54) is 18.9 Å². The minimum atomic E-state index is -4.67. The Bertz CT molecular complexity index is 1950. The van der Waals surface area contributed by atoms with E-state index >= 15 is 0 Å². The molecule has 13 heteroatoms. The third kappa shape index (κ3) is 7.62. The highest BCUT2D eigenvalue weighted by atomic mass is 19.4. The van der Waals surface area contributed by atoms with Gasteiger partial charge in [-0.15, -0.1) is 10.2 Å². The summed E-state index contributed by atoms with van der Waals surface area (Å²) in [5.74, 6) is 2.24. The number of anilines is 2. The van der Waals surface area contributed by atoms with E-state index in [1.807, 2.05) is 19.2 Å². The standard InChI is InChI=1S/C38H41F3N8O2/c1-47(20-32-29(21-50)13-27(15-33(32)38(39,40)41)19-49-11-8-37(9-12-49)22-51-23-37)35-17-28(16-34(45-35)43-10-7-25-3-4-25)31-14-26(18-42)5-6-30(31)36-46-44-24-48(36)2/h5-6,13-17,21,24-25H,3-4,7-12,19-20,22-23H2,1-2H3,(H,43,45). The van der Waals surface area contributed by atoms with Crippen LogP contribution in [0.3, 0.4) is 0 Å². The zero-order valence-corrected chi connectivity index (χ0v) is 28.8. The zero-order chi connectivity index (χ0) is 35.8. The Labute approximate surface area is 295 Å². The minimum Gasteiger partial charge on any atom is -0.380 e. The number of alkyl halides is 3. The van der Waals surface area contributed by atoms with Crippen molar-refractivity contribution in [2.24, 2.45) is 18.4 Å². The molecule has 4 aromatic rings. The molecule has 2 aliphatic heterocycles. The lowest BCUT2D eigenvalue weighted by atomic mass is 9.77. The number of nitrogens with one attached hydrogen (secondary N) is 1. The van der Waals surface area contributed by atoms with Crippen LogP contribution in [0.15, 0.2) is 48.8 Å². The fourth-order valence-corrected chi connectivity index (χ4v) is 7.17. The van der Waals surface area contributed by atoms with E-state index in [0.717, 1.165) is 51.1 Å². The number of rotatable bonds is 12. The van der Waals surface area contributed by atoms with Crippen molar-refractivity contribution in [2.45, 2.75) is 51.4 Å². The number of pyridine rings is 1. The Morgan fingerprint density at radius 2 is 1.90 bits per heavy atom. The summed E-state index contributed by atoms with van der Waals surface area (Å²) in [6, 6.07) is 14.0. The van der Waals surface area contributed by atoms with Crippen LogP contribution in [0, 0.1) is 22.7 Å². The Kier molecular flexibility index (Phi) is 9.56. The van der Waals surface area contributed by atoms with Crippen molar-refractivity contribution in [1.82, 2.24) is 24.6 Å². The first kappa shape index (κ1) is 34.6. The number of likely N-dealkylation sites (tertiary alicyclic amines) is 1. The molecule has 266 valence electrons. The van der Waals surface area contributed by atoms with Gasteiger partial charge in [0.2, 0.25) is 0 Å². The molecule has 1 spiro atoms. The maximum absolute atomic E-state index is 14.7. The molecule has 0 unspecified atom stereocenters. The number of hydrogen-bond donors (Lipinski definition) is 1. The normalized spacial score (nSPS) is 17.2. The second kappa shape index (κ2) is 14.1. The van der Waals surface area contributed by atoms with E-state index in [1.54, 1.807) is 47.1 Å². The van der Waals surface area contributed by atoms with Crippen LogP contribution in [0.4, 0.5) is 24.8 Å². The Morgan fingerprint density at radius 3 is 2.53 bits per heavy atom. The number of aldehydes is 1. The molecule has 2 aromatic carbocycles. The first-order valence-corrected chi connectivity index (χ1v) is 17.4. The third-order valence-corrected chi connectivity index (χ3v) is 10.5. The van der Waals surface area contributed by atoms with Crippen molar-refractivity contribution in [2.75, 3.05) is 50.1 Å². The highest BCUT2D eigenvalue weighted by Gasteiger charge is 2.41. The van der Waals surface area contributed by atoms with Gasteiger partial charge in [0, 0.05) is 50.3 Å². The summed E-state index contributed by atoms with van der Waals surface area (Å²) in [5, 5.41) is 21.5. The predicted molar refractivity (Wildman–Crippen MR) is 187 cm³/mol. The van der Waals surface area contributed by atoms with Crippen molar-refractivity contribution < 1.29 is 22.7 Å². The monoisotopic (exact) mass is 698 g/mol. The van der Waals surface area contributed by atoms with Crippen LogP contribution in [0.2, 0.25) is 0 Å². The van der Waals surface area contributed by atoms with Crippen LogP contribution in [0.1, 0.15) is 64.7 Å². The van der Waals surface area contributed by atoms with Crippen LogP contribution in [0.5, 0.6) is 0 Å². The lowest BCUT2D eigenvalue weighted by Crippen LogP contribution is -2.50. The molecule has 51 heavy (non-hydrogen) atoms. The van der Waals surface area contributed by atoms with Gasteiger partial charge >= 0.3 is 6.18 Å². The molecular weight excluding hydrogens is 657 g/mol. The van der Waals surface area contributed by atoms with Gasteiger partial charge in [-0.05, 0) is 103 Å². The van der Waals surface area contributed by atoms with Crippen molar-refractivity contribution in [1.29, 1.82) is 5.26 Å². The molecular formula is C38H41F3N8O2. The summed E-state index contributed by atoms with van der Waals surface area (Å²) in [4.78, 5) is 21.0. The zero-order valence-electron chi connectivity index (χ0n) is 28.8. The lowest BCUT2D eigenvalue weighted by Gasteiger charge is -2.47. The van der Waals surface area contributed by atoms with Crippen molar-refractivity contribution >= 4 is 17.9 Å². The molecule has 2 aromatic heterocycles. The first-order valence-electron chi connectivity index (χ1n) is 17.4. The molecule has 0 amide bonds. The maximum Gasteiger partial charge on any atom is 0.416 e. The van der Waals surface area contributed by atoms with Gasteiger partial charge in [0.25, 0.3) is 0 Å². The molecule has 1 saturated carbocycles. The first-order chi connectivity index (χ1) is 24.5. The van der Waals surface area contributed by atoms with E-state index in [2.05, 4.69) is 26.5 Å². The fourth-order valence-electron chi connectivity index (χ4n) is 7.17. The average molecular weight is 699 g/mol. The molecule has 4 heterocycles. The van der Waals surface area contributed by atoms with E-state index < -0.39 is 11.7 Å². The second-order valence-electron chi connectivity index (χ2n) is 14.3. The van der Waals surface area contributed by atoms with Gasteiger partial charge in [-0.1, -0.05) is 12.8 Å². The molecule has 0 radical (unpaired) electrons. The minimum absolute atomic E-state index is 0.0118. The third-order valence-electron chi connectivity index (χ3n) is 10.5. The summed E-state index contributed by atoms with van der Waals surface area (Å²) in [6.45, 7) is 3.89. The molecule has 10 nitrogen and oxygen atoms in total. The highest BCUT2D eigenvalue weighted by Crippen LogP contribution is 2.40. The second-order valence-corrected chi connectivity index (χ2v) is 14.3. The summed E-state index contributed by atoms with van der Waals surface area (Å²) in [7, 11) is 3.50. The van der Waals surface area contributed by atoms with E-state index in [4.69, 9.17) is 9.72 Å². The van der Waals surface area contributed by atoms with Gasteiger partial charge in [0.05, 0.1) is 30.4 Å². The van der Waals surface area contributed by atoms with Crippen molar-refractivity contribution in [3.05, 3.63) is 76.6 Å². The summed E-state index contributed by atoms with van der Waals surface area (Å²) in [5.41, 5.74) is 2.35. The van der Waals surface area contributed by atoms with Gasteiger partial charge in [-0.3, -0.25) is 9.69 Å². The summed E-state index contributed by atoms with van der Waals surface area (Å²) >= 11 is 0. The maximum atomic E-state index is 14.7. The largest absolute Gasteiger partial charge is 0.416 e. The molecule has 1 N–H and O–H groups in total. The molecule has 2 saturated heterocycles. The Morgan fingerprint density at radius 1 is 1.12 bits per heavy atom. The lowest BCUT2D eigenvalue weighted by molar-refractivity contribution is -0.140. The molecule has 0 bridgehead atoms. The van der Waals surface area contributed by atoms with Crippen LogP contribution >= 0.6 is 0 Å². The number of nitriles is 1. The molecule has 1 aliphatic carbocycles. The number of nitrogens with zero attached hydrogens (tertiary/aromatic N) is 7. The van der Waals surface area contributed by atoms with E-state index in [0.29, 0.717) is 65.0 Å². The van der Waals surface area contributed by atoms with Crippen LogP contribution in [-0.4, -0.2) is 70.8 Å². The van der Waals surface area contributed by atoms with E-state index in [9.17, 15) is 23.2 Å². The average Bonchev–Trinajstić information content (AvgIpc) is 3.84. The van der Waals surface area contributed by atoms with Gasteiger partial charge in [-0.2, -0.15) is 18.4 Å². The molecule has 7 rings (SSSR count). The van der Waals surface area contributed by atoms with Crippen molar-refractivity contribution in [3.8, 4) is 28.6 Å². The van der Waals surface area contributed by atoms with Crippen molar-refractivity contribution in [3.63, 3.8) is 0 Å². The number of benzene rings is 2. The number of ether oxygens (including phenoxy) is 1. The van der Waals surface area contributed by atoms with Crippen LogP contribution in [0.25, 0.3) is 22.5 Å². The van der Waals surface area contributed by atoms with Gasteiger partial charge in [0.15, 0.2) is 5.82 Å². The fraction of sp³-hybridized carbons (Fsp3) is 0.447. The highest BCUT2D eigenvalue weighted by molar-refractivity contribution is 5.84. The number of halogens is 3. The smallest absolute Gasteiger partial charge is 0.380 e. The number of piperidine rings is 1. The van der Waals surface area contributed by atoms with Gasteiger partial charge < -0.3 is 19.5 Å². The number of aromatic nitrogens is 4. The Balaban J connectivity index is 1.22. The molecule has 0 atom stereocenters. The summed E-state index contributed by atoms with van der Waals surface area (Å²) < 4.78 is 51.4. The number of aryl methyl sites for hydroxylation is 1. The molecule has 3 fully saturated rings. The quantitative estimate of drug-likeness (QED) is 0.162. The van der Waals surface area contributed by atoms with Gasteiger partial charge in [-0.25, -0.2) is 4.98 Å². The van der Waals surface area contributed by atoms with Gasteiger partial charge in [0.1, 0.15) is 24.2 Å². The molecule has 3 aliphatic rings. The SMILES string of the molecule is CN(Cc1c(C=O)cc(CN2CCC3(CC2)COC3)cc1C(F)(F)F)c1cc(-c2cc(C#N)ccc2-c2nncn2C)cc(NCCC2CC2)n1.